The number of ether oxygens (including phenoxy) is 1. The second-order valence-electron chi connectivity index (χ2n) is 9.42. The predicted molar refractivity (Wildman–Crippen MR) is 116 cm³/mol. The van der Waals surface area contributed by atoms with E-state index >= 15 is 0 Å². The van der Waals surface area contributed by atoms with Gasteiger partial charge in [-0.2, -0.15) is 0 Å². The summed E-state index contributed by atoms with van der Waals surface area (Å²) in [5.41, 5.74) is 5.50. The van der Waals surface area contributed by atoms with Gasteiger partial charge in [0.25, 0.3) is 0 Å². The van der Waals surface area contributed by atoms with Gasteiger partial charge in [0.15, 0.2) is 0 Å². The lowest BCUT2D eigenvalue weighted by Crippen LogP contribution is -2.45. The molecule has 1 aliphatic heterocycles. The fourth-order valence-corrected chi connectivity index (χ4v) is 5.13. The minimum absolute atomic E-state index is 0.0756. The molecule has 1 heterocycles. The fourth-order valence-electron chi connectivity index (χ4n) is 5.13. The largest absolute Gasteiger partial charge is 0.487 e. The molecule has 3 atom stereocenters. The number of rotatable bonds is 6. The third-order valence-corrected chi connectivity index (χ3v) is 6.69. The van der Waals surface area contributed by atoms with Crippen LogP contribution in [0.15, 0.2) is 23.8 Å². The monoisotopic (exact) mass is 383 g/mol. The quantitative estimate of drug-likeness (QED) is 0.640. The van der Waals surface area contributed by atoms with Crippen LogP contribution in [0.5, 0.6) is 5.75 Å². The maximum absolute atomic E-state index is 11.9. The van der Waals surface area contributed by atoms with Crippen LogP contribution in [0.3, 0.4) is 0 Å². The van der Waals surface area contributed by atoms with Crippen LogP contribution in [0, 0.1) is 18.8 Å². The van der Waals surface area contributed by atoms with Gasteiger partial charge in [-0.05, 0) is 89.8 Å². The van der Waals surface area contributed by atoms with Crippen molar-refractivity contribution in [2.24, 2.45) is 11.8 Å². The summed E-state index contributed by atoms with van der Waals surface area (Å²) in [6.45, 7) is 13.7. The molecule has 3 nitrogen and oxygen atoms in total. The summed E-state index contributed by atoms with van der Waals surface area (Å²) in [6, 6.07) is 4.62. The zero-order chi connectivity index (χ0) is 20.5. The normalized spacial score (nSPS) is 23.7. The second kappa shape index (κ2) is 8.31. The molecule has 154 valence electrons. The predicted octanol–water partition coefficient (Wildman–Crippen LogP) is 5.70. The Kier molecular flexibility index (Phi) is 6.21. The first-order valence-corrected chi connectivity index (χ1v) is 11.0. The zero-order valence-electron chi connectivity index (χ0n) is 18.5. The average Bonchev–Trinajstić information content (AvgIpc) is 2.60. The van der Waals surface area contributed by atoms with Gasteiger partial charge in [-0.25, -0.2) is 0 Å². The highest BCUT2D eigenvalue weighted by atomic mass is 16.5. The van der Waals surface area contributed by atoms with Crippen LogP contribution in [0.25, 0.3) is 0 Å². The first-order valence-electron chi connectivity index (χ1n) is 11.0. The summed E-state index contributed by atoms with van der Waals surface area (Å²) >= 11 is 0. The van der Waals surface area contributed by atoms with Crippen molar-refractivity contribution in [1.82, 2.24) is 5.32 Å². The Bertz CT molecular complexity index is 762. The maximum atomic E-state index is 11.9. The lowest BCUT2D eigenvalue weighted by atomic mass is 9.66. The number of aryl methyl sites for hydroxylation is 2. The van der Waals surface area contributed by atoms with Crippen LogP contribution in [-0.2, 0) is 11.2 Å². The van der Waals surface area contributed by atoms with E-state index in [0.717, 1.165) is 37.9 Å². The Balaban J connectivity index is 1.75. The molecule has 2 aliphatic rings. The van der Waals surface area contributed by atoms with Crippen LogP contribution < -0.4 is 10.1 Å². The molecule has 1 aromatic rings. The Hall–Kier alpha value is -1.77. The average molecular weight is 384 g/mol. The molecule has 1 aliphatic carbocycles. The summed E-state index contributed by atoms with van der Waals surface area (Å²) in [5, 5.41) is 2.92. The number of hydrogen-bond donors (Lipinski definition) is 1. The molecule has 0 saturated carbocycles. The van der Waals surface area contributed by atoms with Gasteiger partial charge in [0.05, 0.1) is 0 Å². The van der Waals surface area contributed by atoms with E-state index in [1.165, 1.54) is 22.3 Å². The number of carbonyl (C=O) groups excluding carboxylic acids is 1. The topological polar surface area (TPSA) is 38.3 Å². The Labute approximate surface area is 170 Å². The van der Waals surface area contributed by atoms with Gasteiger partial charge in [-0.1, -0.05) is 24.6 Å². The van der Waals surface area contributed by atoms with Crippen LogP contribution in [-0.4, -0.2) is 18.1 Å². The van der Waals surface area contributed by atoms with Crippen molar-refractivity contribution in [2.75, 3.05) is 6.54 Å². The fraction of sp³-hybridized carbons (Fsp3) is 0.640. The van der Waals surface area contributed by atoms with Crippen LogP contribution in [0.2, 0.25) is 0 Å². The molecule has 1 amide bonds. The summed E-state index contributed by atoms with van der Waals surface area (Å²) in [7, 11) is 0. The van der Waals surface area contributed by atoms with Gasteiger partial charge in [0.2, 0.25) is 5.91 Å². The number of allylic oxidation sites excluding steroid dienone is 2. The number of benzene rings is 1. The number of nitrogens with one attached hydrogen (secondary N) is 1. The van der Waals surface area contributed by atoms with Gasteiger partial charge in [0, 0.05) is 23.9 Å². The highest BCUT2D eigenvalue weighted by Crippen LogP contribution is 2.52. The number of fused-ring (bicyclic) bond motifs is 3. The maximum Gasteiger partial charge on any atom is 0.222 e. The lowest BCUT2D eigenvalue weighted by Gasteiger charge is -2.47. The summed E-state index contributed by atoms with van der Waals surface area (Å²) < 4.78 is 6.55. The van der Waals surface area contributed by atoms with E-state index in [1.807, 2.05) is 13.8 Å². The van der Waals surface area contributed by atoms with E-state index in [0.29, 0.717) is 18.4 Å². The third kappa shape index (κ3) is 4.29. The molecule has 0 fully saturated rings. The Morgan fingerprint density at radius 1 is 1.32 bits per heavy atom. The molecular weight excluding hydrogens is 346 g/mol. The van der Waals surface area contributed by atoms with E-state index in [9.17, 15) is 4.79 Å². The van der Waals surface area contributed by atoms with Crippen molar-refractivity contribution < 1.29 is 9.53 Å². The van der Waals surface area contributed by atoms with Crippen molar-refractivity contribution in [3.63, 3.8) is 0 Å². The van der Waals surface area contributed by atoms with Gasteiger partial charge < -0.3 is 10.1 Å². The van der Waals surface area contributed by atoms with Crippen molar-refractivity contribution in [2.45, 2.75) is 85.2 Å². The first kappa shape index (κ1) is 21.0. The third-order valence-electron chi connectivity index (χ3n) is 6.69. The van der Waals surface area contributed by atoms with Gasteiger partial charge in [-0.15, -0.1) is 0 Å². The molecule has 3 rings (SSSR count). The highest BCUT2D eigenvalue weighted by molar-refractivity contribution is 5.78. The number of hydrogen-bond acceptors (Lipinski definition) is 2. The lowest BCUT2D eigenvalue weighted by molar-refractivity contribution is -0.124. The van der Waals surface area contributed by atoms with E-state index in [-0.39, 0.29) is 17.4 Å². The molecule has 0 saturated heterocycles. The Morgan fingerprint density at radius 2 is 2.07 bits per heavy atom. The molecule has 1 aromatic carbocycles. The van der Waals surface area contributed by atoms with Crippen molar-refractivity contribution in [3.8, 4) is 5.75 Å². The minimum atomic E-state index is -0.132. The molecule has 0 aromatic heterocycles. The molecular formula is C25H37NO2. The van der Waals surface area contributed by atoms with Crippen LogP contribution >= 0.6 is 0 Å². The van der Waals surface area contributed by atoms with E-state index in [4.69, 9.17) is 4.74 Å². The molecule has 0 radical (unpaired) electrons. The van der Waals surface area contributed by atoms with Gasteiger partial charge in [0.1, 0.15) is 11.4 Å². The highest BCUT2D eigenvalue weighted by Gasteiger charge is 2.45. The van der Waals surface area contributed by atoms with E-state index < -0.39 is 0 Å². The molecule has 28 heavy (non-hydrogen) atoms. The molecule has 0 spiro atoms. The van der Waals surface area contributed by atoms with Crippen molar-refractivity contribution in [1.29, 1.82) is 0 Å². The number of carbonyl (C=O) groups is 1. The van der Waals surface area contributed by atoms with E-state index in [1.54, 1.807) is 0 Å². The SMILES string of the molecule is CCNC(=O)[C@@H](C)CCCc1cc(C)c2c(c1)OC(C)(C)[C@H]1CC=C(C)C[C@@H]21. The molecule has 0 unspecified atom stereocenters. The van der Waals surface area contributed by atoms with Crippen molar-refractivity contribution in [3.05, 3.63) is 40.5 Å². The Morgan fingerprint density at radius 3 is 2.79 bits per heavy atom. The molecule has 1 N–H and O–H groups in total. The number of amides is 1. The van der Waals surface area contributed by atoms with E-state index in [2.05, 4.69) is 51.2 Å². The van der Waals surface area contributed by atoms with Crippen molar-refractivity contribution >= 4 is 5.91 Å². The van der Waals surface area contributed by atoms with Crippen LogP contribution in [0.4, 0.5) is 0 Å². The minimum Gasteiger partial charge on any atom is -0.487 e. The van der Waals surface area contributed by atoms with Crippen LogP contribution in [0.1, 0.15) is 82.9 Å². The zero-order valence-corrected chi connectivity index (χ0v) is 18.5. The first-order chi connectivity index (χ1) is 13.2. The smallest absolute Gasteiger partial charge is 0.222 e. The second-order valence-corrected chi connectivity index (χ2v) is 9.42. The van der Waals surface area contributed by atoms with Gasteiger partial charge in [-0.3, -0.25) is 4.79 Å². The summed E-state index contributed by atoms with van der Waals surface area (Å²) in [4.78, 5) is 11.9. The van der Waals surface area contributed by atoms with Gasteiger partial charge >= 0.3 is 0 Å². The molecule has 0 bridgehead atoms. The molecule has 3 heteroatoms. The standard InChI is InChI=1S/C25H37NO2/c1-7-26-24(27)17(3)9-8-10-19-14-18(4)23-20-13-16(2)11-12-21(20)25(5,6)28-22(23)15-19/h11,14-15,17,20-21H,7-10,12-13H2,1-6H3,(H,26,27)/t17-,20+,21-/m0/s1. The summed E-state index contributed by atoms with van der Waals surface area (Å²) in [5.74, 6) is 2.45. The summed E-state index contributed by atoms with van der Waals surface area (Å²) in [6.07, 6.45) is 7.60.